The number of piperidine rings is 1. The fourth-order valence-electron chi connectivity index (χ4n) is 2.78. The molecule has 0 aliphatic carbocycles. The van der Waals surface area contributed by atoms with Gasteiger partial charge in [0, 0.05) is 30.9 Å². The topological polar surface area (TPSA) is 92.5 Å². The number of nitrogens with zero attached hydrogens (tertiary/aromatic N) is 1. The normalized spacial score (nSPS) is 22.4. The number of halogens is 1. The van der Waals surface area contributed by atoms with E-state index in [1.165, 1.54) is 18.3 Å². The Balaban J connectivity index is 0.00000264. The second kappa shape index (κ2) is 8.43. The maximum Gasteiger partial charge on any atom is 0.252 e. The van der Waals surface area contributed by atoms with Crippen LogP contribution in [0.5, 0.6) is 0 Å². The molecular formula is C14H24ClN3O3S2. The van der Waals surface area contributed by atoms with Crippen molar-refractivity contribution in [3.8, 4) is 0 Å². The minimum atomic E-state index is -3.51. The Hall–Kier alpha value is -0.670. The highest BCUT2D eigenvalue weighted by molar-refractivity contribution is 7.91. The molecule has 9 heteroatoms. The van der Waals surface area contributed by atoms with E-state index in [1.807, 2.05) is 0 Å². The number of amides is 1. The number of carbonyl (C=O) groups excluding carboxylic acids is 1. The van der Waals surface area contributed by atoms with E-state index in [2.05, 4.69) is 12.2 Å². The van der Waals surface area contributed by atoms with Crippen molar-refractivity contribution in [1.29, 1.82) is 0 Å². The molecule has 0 aromatic carbocycles. The van der Waals surface area contributed by atoms with Crippen molar-refractivity contribution in [2.24, 2.45) is 11.7 Å². The Morgan fingerprint density at radius 2 is 2.17 bits per heavy atom. The third-order valence-electron chi connectivity index (χ3n) is 4.02. The van der Waals surface area contributed by atoms with E-state index in [9.17, 15) is 13.2 Å². The quantitative estimate of drug-likeness (QED) is 0.809. The molecule has 1 aromatic rings. The van der Waals surface area contributed by atoms with E-state index in [1.54, 1.807) is 16.4 Å². The summed E-state index contributed by atoms with van der Waals surface area (Å²) in [7, 11) is -3.51. The van der Waals surface area contributed by atoms with Gasteiger partial charge in [0.05, 0.1) is 6.54 Å². The van der Waals surface area contributed by atoms with Crippen LogP contribution in [0.4, 0.5) is 0 Å². The molecule has 2 unspecified atom stereocenters. The van der Waals surface area contributed by atoms with Gasteiger partial charge in [-0.3, -0.25) is 4.79 Å². The SMILES string of the molecule is CC(=O)NCc1ccc(S(=O)(=O)N2CCCC(C)C2CN)s1.Cl. The van der Waals surface area contributed by atoms with E-state index in [-0.39, 0.29) is 30.3 Å². The Kier molecular flexibility index (Phi) is 7.47. The van der Waals surface area contributed by atoms with Crippen LogP contribution < -0.4 is 11.1 Å². The van der Waals surface area contributed by atoms with E-state index in [4.69, 9.17) is 5.73 Å². The largest absolute Gasteiger partial charge is 0.351 e. The van der Waals surface area contributed by atoms with Gasteiger partial charge < -0.3 is 11.1 Å². The van der Waals surface area contributed by atoms with Crippen LogP contribution in [0.15, 0.2) is 16.3 Å². The molecular weight excluding hydrogens is 358 g/mol. The maximum atomic E-state index is 12.8. The first kappa shape index (κ1) is 20.4. The Morgan fingerprint density at radius 3 is 2.78 bits per heavy atom. The molecule has 2 atom stereocenters. The number of rotatable bonds is 5. The number of carbonyl (C=O) groups is 1. The summed E-state index contributed by atoms with van der Waals surface area (Å²) in [5.74, 6) is 0.137. The molecule has 3 N–H and O–H groups in total. The highest BCUT2D eigenvalue weighted by Gasteiger charge is 2.37. The van der Waals surface area contributed by atoms with Crippen LogP contribution in [0.1, 0.15) is 31.6 Å². The second-order valence-electron chi connectivity index (χ2n) is 5.67. The lowest BCUT2D eigenvalue weighted by molar-refractivity contribution is -0.119. The van der Waals surface area contributed by atoms with E-state index < -0.39 is 10.0 Å². The van der Waals surface area contributed by atoms with Gasteiger partial charge in [-0.1, -0.05) is 6.92 Å². The molecule has 1 aliphatic heterocycles. The summed E-state index contributed by atoms with van der Waals surface area (Å²) in [6.07, 6.45) is 1.87. The summed E-state index contributed by atoms with van der Waals surface area (Å²) in [5.41, 5.74) is 5.79. The standard InChI is InChI=1S/C14H23N3O3S2.ClH/c1-10-4-3-7-17(13(10)8-15)22(19,20)14-6-5-12(21-14)9-16-11(2)18;/h5-6,10,13H,3-4,7-9,15H2,1-2H3,(H,16,18);1H. The van der Waals surface area contributed by atoms with Gasteiger partial charge >= 0.3 is 0 Å². The fraction of sp³-hybridized carbons (Fsp3) is 0.643. The molecule has 2 rings (SSSR count). The van der Waals surface area contributed by atoms with Gasteiger partial charge in [-0.2, -0.15) is 4.31 Å². The minimum absolute atomic E-state index is 0. The van der Waals surface area contributed by atoms with Crippen LogP contribution in [0.3, 0.4) is 0 Å². The van der Waals surface area contributed by atoms with E-state index >= 15 is 0 Å². The monoisotopic (exact) mass is 381 g/mol. The third-order valence-corrected chi connectivity index (χ3v) is 7.49. The fourth-order valence-corrected chi connectivity index (χ4v) is 5.97. The zero-order valence-corrected chi connectivity index (χ0v) is 15.8. The van der Waals surface area contributed by atoms with Crippen LogP contribution in [-0.2, 0) is 21.4 Å². The lowest BCUT2D eigenvalue weighted by atomic mass is 9.93. The lowest BCUT2D eigenvalue weighted by Gasteiger charge is -2.37. The molecule has 1 aliphatic rings. The zero-order chi connectivity index (χ0) is 16.3. The molecule has 6 nitrogen and oxygen atoms in total. The highest BCUT2D eigenvalue weighted by atomic mass is 35.5. The van der Waals surface area contributed by atoms with Crippen molar-refractivity contribution in [1.82, 2.24) is 9.62 Å². The summed E-state index contributed by atoms with van der Waals surface area (Å²) < 4.78 is 27.6. The average molecular weight is 382 g/mol. The third kappa shape index (κ3) is 4.67. The maximum absolute atomic E-state index is 12.8. The summed E-state index contributed by atoms with van der Waals surface area (Å²) >= 11 is 1.20. The first-order valence-corrected chi connectivity index (χ1v) is 9.67. The molecule has 0 saturated carbocycles. The van der Waals surface area contributed by atoms with E-state index in [0.29, 0.717) is 23.8 Å². The zero-order valence-electron chi connectivity index (χ0n) is 13.3. The van der Waals surface area contributed by atoms with Gasteiger partial charge in [0.15, 0.2) is 0 Å². The Labute approximate surface area is 147 Å². The van der Waals surface area contributed by atoms with Crippen molar-refractivity contribution in [3.05, 3.63) is 17.0 Å². The van der Waals surface area contributed by atoms with Crippen molar-refractivity contribution in [2.45, 2.75) is 43.5 Å². The highest BCUT2D eigenvalue weighted by Crippen LogP contribution is 2.31. The van der Waals surface area contributed by atoms with Crippen LogP contribution in [0.25, 0.3) is 0 Å². The second-order valence-corrected chi connectivity index (χ2v) is 8.95. The van der Waals surface area contributed by atoms with Gasteiger partial charge in [-0.25, -0.2) is 8.42 Å². The molecule has 2 heterocycles. The van der Waals surface area contributed by atoms with E-state index in [0.717, 1.165) is 17.7 Å². The van der Waals surface area contributed by atoms with Crippen molar-refractivity contribution >= 4 is 39.7 Å². The first-order valence-electron chi connectivity index (χ1n) is 7.41. The van der Waals surface area contributed by atoms with Gasteiger partial charge in [-0.05, 0) is 30.9 Å². The summed E-state index contributed by atoms with van der Waals surface area (Å²) in [6, 6.07) is 3.22. The molecule has 0 spiro atoms. The van der Waals surface area contributed by atoms with Gasteiger partial charge in [-0.15, -0.1) is 23.7 Å². The molecule has 23 heavy (non-hydrogen) atoms. The molecule has 1 fully saturated rings. The van der Waals surface area contributed by atoms with Crippen molar-refractivity contribution < 1.29 is 13.2 Å². The molecule has 0 bridgehead atoms. The summed E-state index contributed by atoms with van der Waals surface area (Å²) in [5, 5.41) is 2.68. The van der Waals surface area contributed by atoms with Gasteiger partial charge in [0.2, 0.25) is 5.91 Å². The summed E-state index contributed by atoms with van der Waals surface area (Å²) in [4.78, 5) is 11.8. The number of nitrogens with two attached hydrogens (primary N) is 1. The Morgan fingerprint density at radius 1 is 1.48 bits per heavy atom. The molecule has 1 saturated heterocycles. The van der Waals surface area contributed by atoms with Crippen molar-refractivity contribution in [2.75, 3.05) is 13.1 Å². The minimum Gasteiger partial charge on any atom is -0.351 e. The number of nitrogens with one attached hydrogen (secondary N) is 1. The average Bonchev–Trinajstić information content (AvgIpc) is 2.94. The molecule has 132 valence electrons. The Bertz CT molecular complexity index is 633. The predicted octanol–water partition coefficient (Wildman–Crippen LogP) is 1.55. The number of hydrogen-bond acceptors (Lipinski definition) is 5. The van der Waals surface area contributed by atoms with Crippen molar-refractivity contribution in [3.63, 3.8) is 0 Å². The van der Waals surface area contributed by atoms with Crippen LogP contribution >= 0.6 is 23.7 Å². The first-order chi connectivity index (χ1) is 10.4. The number of hydrogen-bond donors (Lipinski definition) is 2. The van der Waals surface area contributed by atoms with Crippen LogP contribution in [0, 0.1) is 5.92 Å². The smallest absolute Gasteiger partial charge is 0.252 e. The number of sulfonamides is 1. The summed E-state index contributed by atoms with van der Waals surface area (Å²) in [6.45, 7) is 4.70. The van der Waals surface area contributed by atoms with Gasteiger partial charge in [0.25, 0.3) is 10.0 Å². The lowest BCUT2D eigenvalue weighted by Crippen LogP contribution is -2.51. The number of thiophene rings is 1. The predicted molar refractivity (Wildman–Crippen MR) is 94.2 cm³/mol. The van der Waals surface area contributed by atoms with Gasteiger partial charge in [0.1, 0.15) is 4.21 Å². The van der Waals surface area contributed by atoms with Crippen LogP contribution in [-0.4, -0.2) is 37.8 Å². The molecule has 1 amide bonds. The molecule has 0 radical (unpaired) electrons. The van der Waals surface area contributed by atoms with Crippen LogP contribution in [0.2, 0.25) is 0 Å². The molecule has 1 aromatic heterocycles.